The van der Waals surface area contributed by atoms with Gasteiger partial charge in [-0.3, -0.25) is 9.69 Å². The number of piperidine rings is 1. The number of hydrogen-bond acceptors (Lipinski definition) is 7. The van der Waals surface area contributed by atoms with Crippen LogP contribution in [0.4, 0.5) is 5.82 Å². The predicted octanol–water partition coefficient (Wildman–Crippen LogP) is 0.0752. The SMILES string of the molecule is COCCN1CCC[C@](O)(CN2CCN(c3ncccc3C#N)CC2)C1=O. The van der Waals surface area contributed by atoms with Crippen molar-refractivity contribution in [2.45, 2.75) is 18.4 Å². The lowest BCUT2D eigenvalue weighted by atomic mass is 9.91. The number of piperazine rings is 1. The molecule has 2 aliphatic heterocycles. The van der Waals surface area contributed by atoms with Crippen molar-refractivity contribution in [3.05, 3.63) is 23.9 Å². The Labute approximate surface area is 159 Å². The average Bonchev–Trinajstić information content (AvgIpc) is 2.70. The summed E-state index contributed by atoms with van der Waals surface area (Å²) in [5.41, 5.74) is -0.752. The van der Waals surface area contributed by atoms with Gasteiger partial charge in [-0.05, 0) is 25.0 Å². The molecule has 2 aliphatic rings. The maximum absolute atomic E-state index is 12.7. The fourth-order valence-electron chi connectivity index (χ4n) is 3.85. The van der Waals surface area contributed by atoms with E-state index in [2.05, 4.69) is 20.9 Å². The van der Waals surface area contributed by atoms with Gasteiger partial charge in [0.05, 0.1) is 12.2 Å². The monoisotopic (exact) mass is 373 g/mol. The highest BCUT2D eigenvalue weighted by Crippen LogP contribution is 2.25. The van der Waals surface area contributed by atoms with Gasteiger partial charge in [0.15, 0.2) is 5.60 Å². The Morgan fingerprint density at radius 2 is 2.11 bits per heavy atom. The molecule has 27 heavy (non-hydrogen) atoms. The molecule has 146 valence electrons. The largest absolute Gasteiger partial charge is 0.383 e. The number of nitriles is 1. The zero-order chi connectivity index (χ0) is 19.3. The van der Waals surface area contributed by atoms with E-state index in [-0.39, 0.29) is 5.91 Å². The molecule has 8 heteroatoms. The van der Waals surface area contributed by atoms with Crippen LogP contribution < -0.4 is 4.90 Å². The molecule has 0 spiro atoms. The second-order valence-corrected chi connectivity index (χ2v) is 7.17. The van der Waals surface area contributed by atoms with E-state index in [0.717, 1.165) is 19.5 Å². The van der Waals surface area contributed by atoms with Crippen molar-refractivity contribution in [2.75, 3.05) is 64.4 Å². The molecule has 1 amide bonds. The summed E-state index contributed by atoms with van der Waals surface area (Å²) in [6, 6.07) is 5.72. The van der Waals surface area contributed by atoms with Gasteiger partial charge in [0.2, 0.25) is 0 Å². The summed E-state index contributed by atoms with van der Waals surface area (Å²) < 4.78 is 5.06. The number of nitrogens with zero attached hydrogens (tertiary/aromatic N) is 5. The van der Waals surface area contributed by atoms with Gasteiger partial charge in [-0.1, -0.05) is 0 Å². The van der Waals surface area contributed by atoms with Crippen LogP contribution in [-0.2, 0) is 9.53 Å². The van der Waals surface area contributed by atoms with E-state index in [1.807, 2.05) is 0 Å². The zero-order valence-corrected chi connectivity index (χ0v) is 15.8. The van der Waals surface area contributed by atoms with Crippen LogP contribution in [0, 0.1) is 11.3 Å². The topological polar surface area (TPSA) is 92.9 Å². The number of likely N-dealkylation sites (tertiary alicyclic amines) is 1. The van der Waals surface area contributed by atoms with Crippen LogP contribution >= 0.6 is 0 Å². The molecule has 1 N–H and O–H groups in total. The van der Waals surface area contributed by atoms with Crippen molar-refractivity contribution < 1.29 is 14.6 Å². The quantitative estimate of drug-likeness (QED) is 0.754. The highest BCUT2D eigenvalue weighted by molar-refractivity contribution is 5.86. The predicted molar refractivity (Wildman–Crippen MR) is 100 cm³/mol. The van der Waals surface area contributed by atoms with E-state index in [0.29, 0.717) is 57.1 Å². The van der Waals surface area contributed by atoms with Crippen molar-refractivity contribution in [1.29, 1.82) is 5.26 Å². The number of ether oxygens (including phenoxy) is 1. The Morgan fingerprint density at radius 1 is 1.33 bits per heavy atom. The first-order valence-electron chi connectivity index (χ1n) is 9.40. The maximum Gasteiger partial charge on any atom is 0.255 e. The van der Waals surface area contributed by atoms with E-state index in [1.165, 1.54) is 0 Å². The molecule has 0 bridgehead atoms. The smallest absolute Gasteiger partial charge is 0.255 e. The van der Waals surface area contributed by atoms with Crippen LogP contribution in [0.25, 0.3) is 0 Å². The molecule has 3 heterocycles. The summed E-state index contributed by atoms with van der Waals surface area (Å²) in [4.78, 5) is 23.0. The lowest BCUT2D eigenvalue weighted by Crippen LogP contribution is -2.61. The normalized spacial score (nSPS) is 24.1. The van der Waals surface area contributed by atoms with E-state index in [1.54, 1.807) is 30.3 Å². The number of aliphatic hydroxyl groups is 1. The first-order valence-corrected chi connectivity index (χ1v) is 9.40. The summed E-state index contributed by atoms with van der Waals surface area (Å²) in [6.45, 7) is 4.87. The van der Waals surface area contributed by atoms with Gasteiger partial charge in [-0.15, -0.1) is 0 Å². The molecular weight excluding hydrogens is 346 g/mol. The van der Waals surface area contributed by atoms with Crippen LogP contribution in [-0.4, -0.2) is 90.9 Å². The molecule has 0 aromatic carbocycles. The number of aromatic nitrogens is 1. The highest BCUT2D eigenvalue weighted by Gasteiger charge is 2.43. The molecule has 1 aromatic heterocycles. The third kappa shape index (κ3) is 4.38. The Hall–Kier alpha value is -2.21. The Morgan fingerprint density at radius 3 is 2.81 bits per heavy atom. The van der Waals surface area contributed by atoms with Crippen molar-refractivity contribution in [2.24, 2.45) is 0 Å². The Kier molecular flexibility index (Phi) is 6.26. The first-order chi connectivity index (χ1) is 13.1. The standard InChI is InChI=1S/C19H27N5O3/c1-27-13-12-24-7-3-5-19(26,18(24)25)15-22-8-10-23(11-9-22)17-16(14-20)4-2-6-21-17/h2,4,6,26H,3,5,7-13,15H2,1H3/t19-/m0/s1. The fourth-order valence-corrected chi connectivity index (χ4v) is 3.85. The van der Waals surface area contributed by atoms with Gasteiger partial charge in [0, 0.05) is 59.1 Å². The number of carbonyl (C=O) groups excluding carboxylic acids is 1. The van der Waals surface area contributed by atoms with Gasteiger partial charge >= 0.3 is 0 Å². The Bertz CT molecular complexity index is 699. The number of rotatable bonds is 6. The third-order valence-corrected chi connectivity index (χ3v) is 5.33. The van der Waals surface area contributed by atoms with E-state index in [4.69, 9.17) is 4.74 Å². The van der Waals surface area contributed by atoms with Crippen molar-refractivity contribution in [3.8, 4) is 6.07 Å². The van der Waals surface area contributed by atoms with Crippen LogP contribution in [0.15, 0.2) is 18.3 Å². The fraction of sp³-hybridized carbons (Fsp3) is 0.632. The van der Waals surface area contributed by atoms with Crippen molar-refractivity contribution in [1.82, 2.24) is 14.8 Å². The lowest BCUT2D eigenvalue weighted by molar-refractivity contribution is -0.160. The number of β-amino-alcohol motifs (C(OH)–C–C–N with tert-alkyl or cyclic N) is 1. The zero-order valence-electron chi connectivity index (χ0n) is 15.8. The van der Waals surface area contributed by atoms with Gasteiger partial charge in [-0.25, -0.2) is 4.98 Å². The summed E-state index contributed by atoms with van der Waals surface area (Å²) in [6.07, 6.45) is 2.99. The molecule has 8 nitrogen and oxygen atoms in total. The van der Waals surface area contributed by atoms with Gasteiger partial charge < -0.3 is 19.6 Å². The summed E-state index contributed by atoms with van der Waals surface area (Å²) in [5, 5.41) is 20.2. The molecule has 2 saturated heterocycles. The molecule has 2 fully saturated rings. The first kappa shape index (κ1) is 19.5. The number of amides is 1. The van der Waals surface area contributed by atoms with Crippen molar-refractivity contribution in [3.63, 3.8) is 0 Å². The highest BCUT2D eigenvalue weighted by atomic mass is 16.5. The summed E-state index contributed by atoms with van der Waals surface area (Å²) in [5.74, 6) is 0.516. The molecular formula is C19H27N5O3. The third-order valence-electron chi connectivity index (χ3n) is 5.33. The molecule has 0 aliphatic carbocycles. The number of carbonyl (C=O) groups is 1. The van der Waals surface area contributed by atoms with Crippen LogP contribution in [0.1, 0.15) is 18.4 Å². The van der Waals surface area contributed by atoms with Gasteiger partial charge in [-0.2, -0.15) is 5.26 Å². The molecule has 0 saturated carbocycles. The van der Waals surface area contributed by atoms with Crippen LogP contribution in [0.2, 0.25) is 0 Å². The number of pyridine rings is 1. The summed E-state index contributed by atoms with van der Waals surface area (Å²) in [7, 11) is 1.61. The molecule has 0 radical (unpaired) electrons. The number of hydrogen-bond donors (Lipinski definition) is 1. The average molecular weight is 373 g/mol. The minimum Gasteiger partial charge on any atom is -0.383 e. The van der Waals surface area contributed by atoms with Gasteiger partial charge in [0.1, 0.15) is 11.9 Å². The molecule has 1 aromatic rings. The second kappa shape index (κ2) is 8.65. The second-order valence-electron chi connectivity index (χ2n) is 7.17. The van der Waals surface area contributed by atoms with Crippen molar-refractivity contribution >= 4 is 11.7 Å². The molecule has 0 unspecified atom stereocenters. The van der Waals surface area contributed by atoms with Crippen LogP contribution in [0.5, 0.6) is 0 Å². The Balaban J connectivity index is 1.58. The van der Waals surface area contributed by atoms with Gasteiger partial charge in [0.25, 0.3) is 5.91 Å². The van der Waals surface area contributed by atoms with E-state index < -0.39 is 5.60 Å². The van der Waals surface area contributed by atoms with E-state index >= 15 is 0 Å². The van der Waals surface area contributed by atoms with Crippen LogP contribution in [0.3, 0.4) is 0 Å². The minimum atomic E-state index is -1.32. The molecule has 1 atom stereocenters. The lowest BCUT2D eigenvalue weighted by Gasteiger charge is -2.43. The summed E-state index contributed by atoms with van der Waals surface area (Å²) >= 11 is 0. The number of methoxy groups -OCH3 is 1. The minimum absolute atomic E-state index is 0.190. The maximum atomic E-state index is 12.7. The number of anilines is 1. The molecule has 3 rings (SSSR count). The van der Waals surface area contributed by atoms with E-state index in [9.17, 15) is 15.2 Å².